The van der Waals surface area contributed by atoms with E-state index >= 15 is 0 Å². The van der Waals surface area contributed by atoms with Crippen LogP contribution in [0.4, 0.5) is 4.39 Å². The Morgan fingerprint density at radius 2 is 2.00 bits per heavy atom. The second-order valence-corrected chi connectivity index (χ2v) is 5.22. The molecule has 2 heterocycles. The van der Waals surface area contributed by atoms with Crippen LogP contribution in [-0.2, 0) is 17.8 Å². The largest absolute Gasteiger partial charge is 0.481 e. The molecule has 0 saturated heterocycles. The first-order valence-electron chi connectivity index (χ1n) is 6.95. The summed E-state index contributed by atoms with van der Waals surface area (Å²) < 4.78 is 15.0. The summed E-state index contributed by atoms with van der Waals surface area (Å²) in [5.41, 5.74) is 3.34. The Balaban J connectivity index is 2.10. The lowest BCUT2D eigenvalue weighted by molar-refractivity contribution is -0.136. The fraction of sp³-hybridized carbons (Fsp3) is 0.176. The number of fused-ring (bicyclic) bond motifs is 1. The van der Waals surface area contributed by atoms with Gasteiger partial charge in [0.1, 0.15) is 11.5 Å². The molecule has 0 unspecified atom stereocenters. The number of carboxylic acid groups (broad SMARTS) is 1. The predicted molar refractivity (Wildman–Crippen MR) is 81.3 cm³/mol. The molecule has 1 aromatic carbocycles. The molecule has 0 radical (unpaired) electrons. The molecule has 4 nitrogen and oxygen atoms in total. The number of carboxylic acids is 1. The highest BCUT2D eigenvalue weighted by molar-refractivity contribution is 5.86. The fourth-order valence-electron chi connectivity index (χ4n) is 2.70. The molecule has 0 saturated carbocycles. The van der Waals surface area contributed by atoms with Crippen molar-refractivity contribution >= 4 is 17.0 Å². The molecular formula is C17H15FN2O2. The van der Waals surface area contributed by atoms with E-state index in [-0.39, 0.29) is 12.2 Å². The summed E-state index contributed by atoms with van der Waals surface area (Å²) in [6.07, 6.45) is 1.65. The summed E-state index contributed by atoms with van der Waals surface area (Å²) in [5.74, 6) is -1.14. The van der Waals surface area contributed by atoms with Gasteiger partial charge in [-0.1, -0.05) is 12.1 Å². The van der Waals surface area contributed by atoms with E-state index in [1.54, 1.807) is 24.4 Å². The number of rotatable bonds is 4. The Bertz CT molecular complexity index is 838. The number of halogens is 1. The molecule has 1 N–H and O–H groups in total. The highest BCUT2D eigenvalue weighted by Gasteiger charge is 2.17. The molecule has 0 aliphatic carbocycles. The van der Waals surface area contributed by atoms with E-state index in [0.717, 1.165) is 27.9 Å². The van der Waals surface area contributed by atoms with Gasteiger partial charge in [0, 0.05) is 23.8 Å². The predicted octanol–water partition coefficient (Wildman–Crippen LogP) is 3.16. The molecule has 0 spiro atoms. The van der Waals surface area contributed by atoms with Crippen molar-refractivity contribution in [3.05, 3.63) is 65.2 Å². The molecule has 22 heavy (non-hydrogen) atoms. The molecule has 0 aliphatic rings. The fourth-order valence-corrected chi connectivity index (χ4v) is 2.70. The number of benzene rings is 1. The van der Waals surface area contributed by atoms with Gasteiger partial charge in [-0.15, -0.1) is 0 Å². The van der Waals surface area contributed by atoms with Crippen molar-refractivity contribution < 1.29 is 14.3 Å². The van der Waals surface area contributed by atoms with Crippen LogP contribution < -0.4 is 0 Å². The van der Waals surface area contributed by atoms with Crippen molar-refractivity contribution in [2.24, 2.45) is 0 Å². The first-order chi connectivity index (χ1) is 10.6. The lowest BCUT2D eigenvalue weighted by Gasteiger charge is -2.08. The van der Waals surface area contributed by atoms with Crippen LogP contribution in [0.3, 0.4) is 0 Å². The number of carbonyl (C=O) groups is 1. The van der Waals surface area contributed by atoms with Crippen LogP contribution in [0.25, 0.3) is 11.0 Å². The van der Waals surface area contributed by atoms with E-state index in [9.17, 15) is 9.18 Å². The van der Waals surface area contributed by atoms with Gasteiger partial charge >= 0.3 is 5.97 Å². The van der Waals surface area contributed by atoms with Crippen molar-refractivity contribution in [1.82, 2.24) is 9.55 Å². The zero-order chi connectivity index (χ0) is 15.7. The Kier molecular flexibility index (Phi) is 3.63. The Morgan fingerprint density at radius 1 is 1.27 bits per heavy atom. The van der Waals surface area contributed by atoms with Crippen LogP contribution in [0.1, 0.15) is 16.8 Å². The van der Waals surface area contributed by atoms with E-state index in [2.05, 4.69) is 4.98 Å². The first-order valence-corrected chi connectivity index (χ1v) is 6.95. The third-order valence-electron chi connectivity index (χ3n) is 3.79. The monoisotopic (exact) mass is 298 g/mol. The SMILES string of the molecule is Cc1c(CC(=O)O)c2cccnc2n1Cc1ccc(F)cc1. The van der Waals surface area contributed by atoms with E-state index in [1.807, 2.05) is 17.6 Å². The molecule has 0 aliphatic heterocycles. The van der Waals surface area contributed by atoms with Crippen LogP contribution in [0, 0.1) is 12.7 Å². The standard InChI is InChI=1S/C17H15FN2O2/c1-11-15(9-16(21)22)14-3-2-8-19-17(14)20(11)10-12-4-6-13(18)7-5-12/h2-8H,9-10H2,1H3,(H,21,22). The number of hydrogen-bond donors (Lipinski definition) is 1. The Hall–Kier alpha value is -2.69. The highest BCUT2D eigenvalue weighted by Crippen LogP contribution is 2.25. The minimum Gasteiger partial charge on any atom is -0.481 e. The molecule has 2 aromatic heterocycles. The van der Waals surface area contributed by atoms with E-state index in [0.29, 0.717) is 6.54 Å². The van der Waals surface area contributed by atoms with Crippen molar-refractivity contribution in [3.63, 3.8) is 0 Å². The maximum Gasteiger partial charge on any atom is 0.307 e. The van der Waals surface area contributed by atoms with Gasteiger partial charge in [0.15, 0.2) is 0 Å². The summed E-state index contributed by atoms with van der Waals surface area (Å²) >= 11 is 0. The summed E-state index contributed by atoms with van der Waals surface area (Å²) in [6.45, 7) is 2.42. The molecule has 112 valence electrons. The van der Waals surface area contributed by atoms with Gasteiger partial charge in [-0.2, -0.15) is 0 Å². The second-order valence-electron chi connectivity index (χ2n) is 5.22. The van der Waals surface area contributed by atoms with E-state index in [4.69, 9.17) is 5.11 Å². The third kappa shape index (κ3) is 2.57. The number of pyridine rings is 1. The summed E-state index contributed by atoms with van der Waals surface area (Å²) in [6, 6.07) is 9.97. The number of nitrogens with zero attached hydrogens (tertiary/aromatic N) is 2. The third-order valence-corrected chi connectivity index (χ3v) is 3.79. The Labute approximate surface area is 126 Å². The number of aliphatic carboxylic acids is 1. The van der Waals surface area contributed by atoms with Gasteiger partial charge in [-0.25, -0.2) is 9.37 Å². The molecule has 0 bridgehead atoms. The number of aromatic nitrogens is 2. The molecule has 0 amide bonds. The van der Waals surface area contributed by atoms with Gasteiger partial charge in [0.2, 0.25) is 0 Å². The first kappa shape index (κ1) is 14.3. The molecule has 3 rings (SSSR count). The smallest absolute Gasteiger partial charge is 0.307 e. The van der Waals surface area contributed by atoms with Gasteiger partial charge in [0.05, 0.1) is 6.42 Å². The van der Waals surface area contributed by atoms with Gasteiger partial charge < -0.3 is 9.67 Å². The minimum absolute atomic E-state index is 0.0373. The van der Waals surface area contributed by atoms with Crippen molar-refractivity contribution in [3.8, 4) is 0 Å². The van der Waals surface area contributed by atoms with Crippen molar-refractivity contribution in [2.45, 2.75) is 19.9 Å². The lowest BCUT2D eigenvalue weighted by Crippen LogP contribution is -2.05. The molecular weight excluding hydrogens is 283 g/mol. The van der Waals surface area contributed by atoms with Crippen LogP contribution in [0.15, 0.2) is 42.6 Å². The van der Waals surface area contributed by atoms with Crippen molar-refractivity contribution in [2.75, 3.05) is 0 Å². The topological polar surface area (TPSA) is 55.1 Å². The minimum atomic E-state index is -0.868. The maximum atomic E-state index is 13.0. The van der Waals surface area contributed by atoms with Crippen LogP contribution in [0.2, 0.25) is 0 Å². The average molecular weight is 298 g/mol. The molecule has 5 heteroatoms. The van der Waals surface area contributed by atoms with Crippen LogP contribution in [0.5, 0.6) is 0 Å². The zero-order valence-corrected chi connectivity index (χ0v) is 12.1. The maximum absolute atomic E-state index is 13.0. The van der Waals surface area contributed by atoms with Crippen molar-refractivity contribution in [1.29, 1.82) is 0 Å². The normalized spacial score (nSPS) is 11.0. The summed E-state index contributed by atoms with van der Waals surface area (Å²) in [5, 5.41) is 9.96. The second kappa shape index (κ2) is 5.60. The number of hydrogen-bond acceptors (Lipinski definition) is 2. The van der Waals surface area contributed by atoms with Gasteiger partial charge in [-0.05, 0) is 42.3 Å². The quantitative estimate of drug-likeness (QED) is 0.805. The Morgan fingerprint density at radius 3 is 2.68 bits per heavy atom. The summed E-state index contributed by atoms with van der Waals surface area (Å²) in [7, 11) is 0. The average Bonchev–Trinajstić information content (AvgIpc) is 2.75. The summed E-state index contributed by atoms with van der Waals surface area (Å²) in [4.78, 5) is 15.5. The van der Waals surface area contributed by atoms with Gasteiger partial charge in [0.25, 0.3) is 0 Å². The zero-order valence-electron chi connectivity index (χ0n) is 12.1. The van der Waals surface area contributed by atoms with Gasteiger partial charge in [-0.3, -0.25) is 4.79 Å². The van der Waals surface area contributed by atoms with E-state index in [1.165, 1.54) is 12.1 Å². The van der Waals surface area contributed by atoms with E-state index < -0.39 is 5.97 Å². The van der Waals surface area contributed by atoms with Crippen LogP contribution in [-0.4, -0.2) is 20.6 Å². The molecule has 3 aromatic rings. The lowest BCUT2D eigenvalue weighted by atomic mass is 10.1. The molecule has 0 atom stereocenters. The molecule has 0 fully saturated rings. The highest BCUT2D eigenvalue weighted by atomic mass is 19.1. The van der Waals surface area contributed by atoms with Crippen LogP contribution >= 0.6 is 0 Å².